The van der Waals surface area contributed by atoms with Crippen LogP contribution in [0, 0.1) is 0 Å². The third kappa shape index (κ3) is 3.64. The monoisotopic (exact) mass is 294 g/mol. The molecule has 0 aliphatic rings. The highest BCUT2D eigenvalue weighted by Gasteiger charge is 2.34. The lowest BCUT2D eigenvalue weighted by Crippen LogP contribution is -2.12. The van der Waals surface area contributed by atoms with E-state index in [0.717, 1.165) is 24.5 Å². The molecule has 2 rings (SSSR count). The van der Waals surface area contributed by atoms with Crippen LogP contribution in [0.1, 0.15) is 41.7 Å². The Kier molecular flexibility index (Phi) is 4.68. The van der Waals surface area contributed by atoms with Crippen molar-refractivity contribution < 1.29 is 18.3 Å². The fraction of sp³-hybridized carbons (Fsp3) is 0.294. The molecule has 0 heterocycles. The maximum absolute atomic E-state index is 13.0. The molecular formula is C17H17F3O. The molecule has 1 atom stereocenters. The van der Waals surface area contributed by atoms with Crippen LogP contribution in [-0.2, 0) is 12.6 Å². The largest absolute Gasteiger partial charge is 0.416 e. The Morgan fingerprint density at radius 3 is 2.43 bits per heavy atom. The minimum Gasteiger partial charge on any atom is -0.384 e. The van der Waals surface area contributed by atoms with E-state index in [1.54, 1.807) is 18.2 Å². The van der Waals surface area contributed by atoms with E-state index in [9.17, 15) is 18.3 Å². The summed E-state index contributed by atoms with van der Waals surface area (Å²) in [5.41, 5.74) is 0.591. The highest BCUT2D eigenvalue weighted by molar-refractivity contribution is 5.38. The van der Waals surface area contributed by atoms with Crippen molar-refractivity contribution in [2.75, 3.05) is 0 Å². The number of benzene rings is 2. The molecule has 112 valence electrons. The summed E-state index contributed by atoms with van der Waals surface area (Å²) in [6.07, 6.45) is -3.97. The molecule has 1 N–H and O–H groups in total. The van der Waals surface area contributed by atoms with Gasteiger partial charge in [-0.25, -0.2) is 0 Å². The third-order valence-corrected chi connectivity index (χ3v) is 3.37. The molecule has 0 aliphatic carbocycles. The van der Waals surface area contributed by atoms with Gasteiger partial charge < -0.3 is 5.11 Å². The maximum atomic E-state index is 13.0. The van der Waals surface area contributed by atoms with E-state index in [0.29, 0.717) is 5.56 Å². The summed E-state index contributed by atoms with van der Waals surface area (Å²) in [6.45, 7) is 2.03. The van der Waals surface area contributed by atoms with E-state index in [1.165, 1.54) is 18.2 Å². The Balaban J connectivity index is 2.41. The van der Waals surface area contributed by atoms with Crippen molar-refractivity contribution in [3.05, 3.63) is 70.8 Å². The topological polar surface area (TPSA) is 20.2 Å². The first-order valence-electron chi connectivity index (χ1n) is 6.86. The van der Waals surface area contributed by atoms with E-state index in [-0.39, 0.29) is 5.56 Å². The number of hydrogen-bond donors (Lipinski definition) is 1. The normalized spacial score (nSPS) is 13.2. The molecule has 0 aliphatic heterocycles. The van der Waals surface area contributed by atoms with Crippen molar-refractivity contribution in [2.24, 2.45) is 0 Å². The number of halogens is 3. The van der Waals surface area contributed by atoms with Gasteiger partial charge in [0.25, 0.3) is 0 Å². The summed E-state index contributed by atoms with van der Waals surface area (Å²) in [7, 11) is 0. The van der Waals surface area contributed by atoms with E-state index in [2.05, 4.69) is 0 Å². The molecule has 0 radical (unpaired) electrons. The van der Waals surface area contributed by atoms with E-state index >= 15 is 0 Å². The summed E-state index contributed by atoms with van der Waals surface area (Å²) in [4.78, 5) is 0. The quantitative estimate of drug-likeness (QED) is 0.863. The van der Waals surface area contributed by atoms with Crippen molar-refractivity contribution in [1.82, 2.24) is 0 Å². The molecule has 0 amide bonds. The van der Waals surface area contributed by atoms with Crippen LogP contribution < -0.4 is 0 Å². The molecule has 2 aromatic rings. The molecule has 21 heavy (non-hydrogen) atoms. The van der Waals surface area contributed by atoms with Crippen molar-refractivity contribution >= 4 is 0 Å². The van der Waals surface area contributed by atoms with Crippen LogP contribution >= 0.6 is 0 Å². The smallest absolute Gasteiger partial charge is 0.384 e. The molecule has 0 saturated heterocycles. The van der Waals surface area contributed by atoms with Gasteiger partial charge in [-0.2, -0.15) is 13.2 Å². The van der Waals surface area contributed by atoms with Crippen molar-refractivity contribution in [1.29, 1.82) is 0 Å². The van der Waals surface area contributed by atoms with Crippen molar-refractivity contribution in [3.63, 3.8) is 0 Å². The van der Waals surface area contributed by atoms with E-state index in [1.807, 2.05) is 13.0 Å². The molecule has 1 nitrogen and oxygen atoms in total. The number of aliphatic hydroxyl groups is 1. The zero-order valence-corrected chi connectivity index (χ0v) is 11.7. The van der Waals surface area contributed by atoms with Crippen LogP contribution in [0.2, 0.25) is 0 Å². The molecule has 0 aromatic heterocycles. The Hall–Kier alpha value is -1.81. The van der Waals surface area contributed by atoms with Crippen molar-refractivity contribution in [3.8, 4) is 0 Å². The number of hydrogen-bond acceptors (Lipinski definition) is 1. The van der Waals surface area contributed by atoms with Crippen LogP contribution in [0.4, 0.5) is 13.2 Å². The fourth-order valence-electron chi connectivity index (χ4n) is 2.38. The highest BCUT2D eigenvalue weighted by Crippen LogP contribution is 2.36. The van der Waals surface area contributed by atoms with Gasteiger partial charge in [-0.3, -0.25) is 0 Å². The lowest BCUT2D eigenvalue weighted by molar-refractivity contribution is -0.139. The lowest BCUT2D eigenvalue weighted by atomic mass is 9.95. The average Bonchev–Trinajstić information content (AvgIpc) is 2.46. The maximum Gasteiger partial charge on any atom is 0.416 e. The molecule has 0 saturated carbocycles. The number of aliphatic hydroxyl groups excluding tert-OH is 1. The second-order valence-corrected chi connectivity index (χ2v) is 4.98. The second kappa shape index (κ2) is 6.31. The van der Waals surface area contributed by atoms with Gasteiger partial charge in [-0.15, -0.1) is 0 Å². The summed E-state index contributed by atoms with van der Waals surface area (Å²) >= 11 is 0. The first-order valence-corrected chi connectivity index (χ1v) is 6.86. The Bertz CT molecular complexity index is 605. The highest BCUT2D eigenvalue weighted by atomic mass is 19.4. The molecule has 0 spiro atoms. The average molecular weight is 294 g/mol. The second-order valence-electron chi connectivity index (χ2n) is 4.98. The standard InChI is InChI=1S/C17H17F3O/c1-2-6-12-7-5-8-13(11-12)16(21)14-9-3-4-10-15(14)17(18,19)20/h3-5,7-11,16,21H,2,6H2,1H3. The van der Waals surface area contributed by atoms with E-state index in [4.69, 9.17) is 0 Å². The van der Waals surface area contributed by atoms with E-state index < -0.39 is 17.8 Å². The fourth-order valence-corrected chi connectivity index (χ4v) is 2.38. The van der Waals surface area contributed by atoms with Gasteiger partial charge >= 0.3 is 6.18 Å². The molecule has 2 aromatic carbocycles. The SMILES string of the molecule is CCCc1cccc(C(O)c2ccccc2C(F)(F)F)c1. The number of rotatable bonds is 4. The number of aryl methyl sites for hydroxylation is 1. The summed E-state index contributed by atoms with van der Waals surface area (Å²) in [5, 5.41) is 10.3. The molecule has 0 fully saturated rings. The molecule has 1 unspecified atom stereocenters. The van der Waals surface area contributed by atoms with Gasteiger partial charge in [0.05, 0.1) is 5.56 Å². The van der Waals surface area contributed by atoms with Crippen molar-refractivity contribution in [2.45, 2.75) is 32.0 Å². The van der Waals surface area contributed by atoms with Crippen LogP contribution in [0.3, 0.4) is 0 Å². The third-order valence-electron chi connectivity index (χ3n) is 3.37. The van der Waals surface area contributed by atoms with Crippen LogP contribution in [0.15, 0.2) is 48.5 Å². The van der Waals surface area contributed by atoms with Gasteiger partial charge in [0, 0.05) is 0 Å². The van der Waals surface area contributed by atoms with Crippen LogP contribution in [-0.4, -0.2) is 5.11 Å². The predicted octanol–water partition coefficient (Wildman–Crippen LogP) is 4.74. The Morgan fingerprint density at radius 2 is 1.76 bits per heavy atom. The van der Waals surface area contributed by atoms with Gasteiger partial charge in [-0.1, -0.05) is 55.8 Å². The first kappa shape index (κ1) is 15.6. The Morgan fingerprint density at radius 1 is 1.05 bits per heavy atom. The van der Waals surface area contributed by atoms with Gasteiger partial charge in [-0.05, 0) is 29.2 Å². The minimum atomic E-state index is -4.47. The Labute approximate surface area is 122 Å². The minimum absolute atomic E-state index is 0.112. The first-order chi connectivity index (χ1) is 9.93. The predicted molar refractivity (Wildman–Crippen MR) is 75.9 cm³/mol. The summed E-state index contributed by atoms with van der Waals surface area (Å²) < 4.78 is 39.0. The molecule has 0 bridgehead atoms. The molecule has 4 heteroatoms. The zero-order valence-electron chi connectivity index (χ0n) is 11.7. The summed E-state index contributed by atoms with van der Waals surface area (Å²) in [5.74, 6) is 0. The molecular weight excluding hydrogens is 277 g/mol. The van der Waals surface area contributed by atoms with Crippen LogP contribution in [0.5, 0.6) is 0 Å². The van der Waals surface area contributed by atoms with Gasteiger partial charge in [0.15, 0.2) is 0 Å². The number of alkyl halides is 3. The van der Waals surface area contributed by atoms with Gasteiger partial charge in [0.2, 0.25) is 0 Å². The van der Waals surface area contributed by atoms with Crippen LogP contribution in [0.25, 0.3) is 0 Å². The van der Waals surface area contributed by atoms with Gasteiger partial charge in [0.1, 0.15) is 6.10 Å². The lowest BCUT2D eigenvalue weighted by Gasteiger charge is -2.18. The zero-order chi connectivity index (χ0) is 15.5. The summed E-state index contributed by atoms with van der Waals surface area (Å²) in [6, 6.07) is 12.2.